The van der Waals surface area contributed by atoms with Crippen molar-refractivity contribution < 1.29 is 4.74 Å². The number of ether oxygens (including phenoxy) is 1. The normalized spacial score (nSPS) is 28.3. The monoisotopic (exact) mass is 233 g/mol. The minimum atomic E-state index is 0.427. The lowest BCUT2D eigenvalue weighted by atomic mass is 9.90. The summed E-state index contributed by atoms with van der Waals surface area (Å²) in [5.74, 6) is 2.44. The SMILES string of the molecule is COc1ccc(CCC2CCC(N)C2C)cc1. The first-order chi connectivity index (χ1) is 8.20. The topological polar surface area (TPSA) is 35.2 Å². The number of hydrogen-bond acceptors (Lipinski definition) is 2. The van der Waals surface area contributed by atoms with Gasteiger partial charge in [0.05, 0.1) is 7.11 Å². The van der Waals surface area contributed by atoms with Gasteiger partial charge in [0, 0.05) is 6.04 Å². The molecule has 1 aliphatic rings. The Hall–Kier alpha value is -1.02. The van der Waals surface area contributed by atoms with E-state index in [4.69, 9.17) is 10.5 Å². The lowest BCUT2D eigenvalue weighted by molar-refractivity contribution is 0.370. The molecule has 2 rings (SSSR count). The number of rotatable bonds is 4. The van der Waals surface area contributed by atoms with Crippen LogP contribution in [0.3, 0.4) is 0 Å². The molecular formula is C15H23NO. The Kier molecular flexibility index (Phi) is 4.06. The Morgan fingerprint density at radius 3 is 2.47 bits per heavy atom. The van der Waals surface area contributed by atoms with E-state index >= 15 is 0 Å². The summed E-state index contributed by atoms with van der Waals surface area (Å²) in [6, 6.07) is 8.84. The van der Waals surface area contributed by atoms with Gasteiger partial charge in [0.25, 0.3) is 0 Å². The van der Waals surface area contributed by atoms with Gasteiger partial charge in [-0.05, 0) is 55.2 Å². The molecule has 0 radical (unpaired) electrons. The van der Waals surface area contributed by atoms with Crippen molar-refractivity contribution in [2.75, 3.05) is 7.11 Å². The maximum absolute atomic E-state index is 6.06. The second-order valence-corrected chi connectivity index (χ2v) is 5.25. The Bertz CT molecular complexity index is 346. The number of aryl methyl sites for hydroxylation is 1. The van der Waals surface area contributed by atoms with Crippen molar-refractivity contribution in [3.05, 3.63) is 29.8 Å². The van der Waals surface area contributed by atoms with Crippen LogP contribution in [-0.2, 0) is 6.42 Å². The minimum Gasteiger partial charge on any atom is -0.497 e. The summed E-state index contributed by atoms with van der Waals surface area (Å²) in [7, 11) is 1.70. The van der Waals surface area contributed by atoms with Gasteiger partial charge in [-0.1, -0.05) is 19.1 Å². The molecule has 1 aromatic carbocycles. The second-order valence-electron chi connectivity index (χ2n) is 5.25. The fourth-order valence-corrected chi connectivity index (χ4v) is 2.83. The highest BCUT2D eigenvalue weighted by atomic mass is 16.5. The Morgan fingerprint density at radius 1 is 1.24 bits per heavy atom. The number of methoxy groups -OCH3 is 1. The van der Waals surface area contributed by atoms with Crippen LogP contribution < -0.4 is 10.5 Å². The van der Waals surface area contributed by atoms with Crippen LogP contribution >= 0.6 is 0 Å². The lowest BCUT2D eigenvalue weighted by Crippen LogP contribution is -2.25. The zero-order valence-corrected chi connectivity index (χ0v) is 10.9. The molecule has 17 heavy (non-hydrogen) atoms. The van der Waals surface area contributed by atoms with Gasteiger partial charge in [-0.15, -0.1) is 0 Å². The van der Waals surface area contributed by atoms with Crippen molar-refractivity contribution in [3.8, 4) is 5.75 Å². The molecule has 0 aromatic heterocycles. The van der Waals surface area contributed by atoms with Crippen molar-refractivity contribution in [3.63, 3.8) is 0 Å². The first kappa shape index (κ1) is 12.4. The van der Waals surface area contributed by atoms with Gasteiger partial charge in [0.2, 0.25) is 0 Å². The molecule has 94 valence electrons. The van der Waals surface area contributed by atoms with E-state index in [0.717, 1.165) is 18.1 Å². The maximum atomic E-state index is 6.06. The molecule has 1 aromatic rings. The fourth-order valence-electron chi connectivity index (χ4n) is 2.83. The third-order valence-corrected chi connectivity index (χ3v) is 4.25. The predicted octanol–water partition coefficient (Wildman–Crippen LogP) is 3.00. The second kappa shape index (κ2) is 5.54. The van der Waals surface area contributed by atoms with Crippen molar-refractivity contribution >= 4 is 0 Å². The highest BCUT2D eigenvalue weighted by molar-refractivity contribution is 5.27. The van der Waals surface area contributed by atoms with E-state index in [1.165, 1.54) is 24.8 Å². The van der Waals surface area contributed by atoms with Gasteiger partial charge in [0.1, 0.15) is 5.75 Å². The molecule has 2 heteroatoms. The molecule has 1 aliphatic carbocycles. The van der Waals surface area contributed by atoms with Crippen LogP contribution in [0, 0.1) is 11.8 Å². The van der Waals surface area contributed by atoms with E-state index in [-0.39, 0.29) is 0 Å². The van der Waals surface area contributed by atoms with Gasteiger partial charge >= 0.3 is 0 Å². The van der Waals surface area contributed by atoms with Crippen LogP contribution in [0.25, 0.3) is 0 Å². The van der Waals surface area contributed by atoms with Crippen LogP contribution in [0.15, 0.2) is 24.3 Å². The van der Waals surface area contributed by atoms with E-state index in [1.807, 2.05) is 12.1 Å². The van der Waals surface area contributed by atoms with E-state index in [0.29, 0.717) is 12.0 Å². The molecule has 1 fully saturated rings. The standard InChI is InChI=1S/C15H23NO/c1-11-13(7-10-15(11)16)6-3-12-4-8-14(17-2)9-5-12/h4-5,8-9,11,13,15H,3,6-7,10,16H2,1-2H3. The van der Waals surface area contributed by atoms with Crippen molar-refractivity contribution in [2.45, 2.75) is 38.6 Å². The van der Waals surface area contributed by atoms with Crippen LogP contribution in [0.4, 0.5) is 0 Å². The first-order valence-electron chi connectivity index (χ1n) is 6.59. The fraction of sp³-hybridized carbons (Fsp3) is 0.600. The molecule has 2 nitrogen and oxygen atoms in total. The zero-order valence-electron chi connectivity index (χ0n) is 10.9. The highest BCUT2D eigenvalue weighted by Crippen LogP contribution is 2.33. The molecule has 0 heterocycles. The molecule has 0 amide bonds. The largest absolute Gasteiger partial charge is 0.497 e. The molecular weight excluding hydrogens is 210 g/mol. The Labute approximate surface area is 104 Å². The zero-order chi connectivity index (χ0) is 12.3. The van der Waals surface area contributed by atoms with Crippen LogP contribution in [0.1, 0.15) is 31.7 Å². The lowest BCUT2D eigenvalue weighted by Gasteiger charge is -2.17. The van der Waals surface area contributed by atoms with Gasteiger partial charge < -0.3 is 10.5 Å². The summed E-state index contributed by atoms with van der Waals surface area (Å²) in [4.78, 5) is 0. The van der Waals surface area contributed by atoms with E-state index in [1.54, 1.807) is 7.11 Å². The smallest absolute Gasteiger partial charge is 0.118 e. The number of hydrogen-bond donors (Lipinski definition) is 1. The number of nitrogens with two attached hydrogens (primary N) is 1. The average Bonchev–Trinajstić information content (AvgIpc) is 2.68. The van der Waals surface area contributed by atoms with Gasteiger partial charge in [-0.2, -0.15) is 0 Å². The van der Waals surface area contributed by atoms with Crippen LogP contribution in [0.5, 0.6) is 5.75 Å². The van der Waals surface area contributed by atoms with E-state index < -0.39 is 0 Å². The van der Waals surface area contributed by atoms with E-state index in [9.17, 15) is 0 Å². The van der Waals surface area contributed by atoms with Crippen molar-refractivity contribution in [1.82, 2.24) is 0 Å². The van der Waals surface area contributed by atoms with Crippen molar-refractivity contribution in [1.29, 1.82) is 0 Å². The summed E-state index contributed by atoms with van der Waals surface area (Å²) in [5, 5.41) is 0. The van der Waals surface area contributed by atoms with Gasteiger partial charge in [0.15, 0.2) is 0 Å². The molecule has 1 saturated carbocycles. The molecule has 0 saturated heterocycles. The predicted molar refractivity (Wildman–Crippen MR) is 71.2 cm³/mol. The molecule has 0 aliphatic heterocycles. The summed E-state index contributed by atoms with van der Waals surface area (Å²) >= 11 is 0. The molecule has 3 unspecified atom stereocenters. The van der Waals surface area contributed by atoms with Gasteiger partial charge in [-0.3, -0.25) is 0 Å². The third kappa shape index (κ3) is 3.01. The Balaban J connectivity index is 1.85. The molecule has 2 N–H and O–H groups in total. The maximum Gasteiger partial charge on any atom is 0.118 e. The number of benzene rings is 1. The molecule has 3 atom stereocenters. The summed E-state index contributed by atoms with van der Waals surface area (Å²) in [5.41, 5.74) is 7.46. The molecule has 0 spiro atoms. The average molecular weight is 233 g/mol. The first-order valence-corrected chi connectivity index (χ1v) is 6.59. The third-order valence-electron chi connectivity index (χ3n) is 4.25. The van der Waals surface area contributed by atoms with Gasteiger partial charge in [-0.25, -0.2) is 0 Å². The summed E-state index contributed by atoms with van der Waals surface area (Å²) in [6.07, 6.45) is 4.93. The highest BCUT2D eigenvalue weighted by Gasteiger charge is 2.29. The van der Waals surface area contributed by atoms with Crippen molar-refractivity contribution in [2.24, 2.45) is 17.6 Å². The van der Waals surface area contributed by atoms with E-state index in [2.05, 4.69) is 19.1 Å². The minimum absolute atomic E-state index is 0.427. The summed E-state index contributed by atoms with van der Waals surface area (Å²) in [6.45, 7) is 2.30. The molecule has 0 bridgehead atoms. The van der Waals surface area contributed by atoms with Crippen LogP contribution in [0.2, 0.25) is 0 Å². The quantitative estimate of drug-likeness (QED) is 0.867. The Morgan fingerprint density at radius 2 is 1.94 bits per heavy atom. The van der Waals surface area contributed by atoms with Crippen LogP contribution in [-0.4, -0.2) is 13.2 Å². The summed E-state index contributed by atoms with van der Waals surface area (Å²) < 4.78 is 5.16.